The Morgan fingerprint density at radius 1 is 1.12 bits per heavy atom. The smallest absolute Gasteiger partial charge is 0.343 e. The zero-order chi connectivity index (χ0) is 24.0. The van der Waals surface area contributed by atoms with Gasteiger partial charge in [0, 0.05) is 0 Å². The van der Waals surface area contributed by atoms with E-state index in [-0.39, 0.29) is 23.3 Å². The van der Waals surface area contributed by atoms with Crippen molar-refractivity contribution < 1.29 is 28.5 Å². The van der Waals surface area contributed by atoms with Crippen molar-refractivity contribution in [3.63, 3.8) is 0 Å². The van der Waals surface area contributed by atoms with E-state index in [0.717, 1.165) is 5.75 Å². The van der Waals surface area contributed by atoms with Crippen LogP contribution in [0.5, 0.6) is 17.2 Å². The number of nitrogens with zero attached hydrogens (tertiary/aromatic N) is 1. The van der Waals surface area contributed by atoms with E-state index in [1.54, 1.807) is 42.5 Å². The first-order valence-corrected chi connectivity index (χ1v) is 11.6. The number of halogens is 1. The number of methoxy groups -OCH3 is 1. The van der Waals surface area contributed by atoms with Crippen LogP contribution < -0.4 is 19.1 Å². The van der Waals surface area contributed by atoms with E-state index in [2.05, 4.69) is 4.74 Å². The van der Waals surface area contributed by atoms with Crippen LogP contribution in [-0.2, 0) is 14.3 Å². The maximum absolute atomic E-state index is 13.1. The average molecular weight is 508 g/mol. The van der Waals surface area contributed by atoms with Gasteiger partial charge in [0.1, 0.15) is 5.75 Å². The lowest BCUT2D eigenvalue weighted by Gasteiger charge is -2.15. The van der Waals surface area contributed by atoms with Crippen LogP contribution in [0, 0.1) is 0 Å². The van der Waals surface area contributed by atoms with Crippen molar-refractivity contribution in [1.82, 2.24) is 0 Å². The number of benzene rings is 2. The van der Waals surface area contributed by atoms with E-state index in [1.807, 2.05) is 13.8 Å². The molecule has 10 heteroatoms. The molecule has 174 valence electrons. The van der Waals surface area contributed by atoms with Crippen molar-refractivity contribution in [1.29, 1.82) is 0 Å². The van der Waals surface area contributed by atoms with E-state index in [4.69, 9.17) is 38.0 Å². The molecule has 1 aliphatic heterocycles. The Labute approximate surface area is 206 Å². The second kappa shape index (κ2) is 11.4. The number of amides is 1. The van der Waals surface area contributed by atoms with Gasteiger partial charge in [-0.3, -0.25) is 9.69 Å². The molecule has 1 aliphatic rings. The number of ether oxygens (including phenoxy) is 4. The van der Waals surface area contributed by atoms with Crippen molar-refractivity contribution in [2.75, 3.05) is 31.8 Å². The summed E-state index contributed by atoms with van der Waals surface area (Å²) in [5.74, 6) is 0.504. The largest absolute Gasteiger partial charge is 0.494 e. The SMILES string of the molecule is CCOc1ccc(N2C(=O)/C(=C/c3cc(Cl)c(OCC(=O)OC)c(OCC)c3)SC2=S)cc1. The minimum absolute atomic E-state index is 0.225. The van der Waals surface area contributed by atoms with Gasteiger partial charge in [0.2, 0.25) is 0 Å². The molecule has 7 nitrogen and oxygen atoms in total. The normalized spacial score (nSPS) is 14.5. The molecule has 3 rings (SSSR count). The van der Waals surface area contributed by atoms with Gasteiger partial charge >= 0.3 is 5.97 Å². The predicted molar refractivity (Wildman–Crippen MR) is 133 cm³/mol. The number of anilines is 1. The third-order valence-corrected chi connectivity index (χ3v) is 5.97. The molecule has 1 heterocycles. The minimum atomic E-state index is -0.546. The third kappa shape index (κ3) is 5.98. The van der Waals surface area contributed by atoms with Gasteiger partial charge in [0.15, 0.2) is 22.4 Å². The van der Waals surface area contributed by atoms with Crippen molar-refractivity contribution in [3.05, 3.63) is 51.9 Å². The van der Waals surface area contributed by atoms with Crippen LogP contribution in [0.1, 0.15) is 19.4 Å². The van der Waals surface area contributed by atoms with E-state index in [1.165, 1.54) is 23.8 Å². The summed E-state index contributed by atoms with van der Waals surface area (Å²) in [6, 6.07) is 10.5. The second-order valence-corrected chi connectivity index (χ2v) is 8.65. The molecule has 0 atom stereocenters. The summed E-state index contributed by atoms with van der Waals surface area (Å²) in [6.45, 7) is 4.32. The number of thioether (sulfide) groups is 1. The Kier molecular flexibility index (Phi) is 8.60. The number of rotatable bonds is 9. The Bertz CT molecular complexity index is 1090. The number of esters is 1. The lowest BCUT2D eigenvalue weighted by Crippen LogP contribution is -2.27. The van der Waals surface area contributed by atoms with E-state index >= 15 is 0 Å². The van der Waals surface area contributed by atoms with Crippen LogP contribution in [0.3, 0.4) is 0 Å². The molecule has 0 radical (unpaired) electrons. The van der Waals surface area contributed by atoms with E-state index in [9.17, 15) is 9.59 Å². The molecular weight excluding hydrogens is 486 g/mol. The predicted octanol–water partition coefficient (Wildman–Crippen LogP) is 5.10. The third-order valence-electron chi connectivity index (χ3n) is 4.39. The highest BCUT2D eigenvalue weighted by Crippen LogP contribution is 2.40. The molecule has 0 unspecified atom stereocenters. The first-order valence-electron chi connectivity index (χ1n) is 10.0. The van der Waals surface area contributed by atoms with Crippen molar-refractivity contribution in [3.8, 4) is 17.2 Å². The van der Waals surface area contributed by atoms with Crippen molar-refractivity contribution in [2.45, 2.75) is 13.8 Å². The lowest BCUT2D eigenvalue weighted by molar-refractivity contribution is -0.142. The van der Waals surface area contributed by atoms with Gasteiger partial charge in [-0.15, -0.1) is 0 Å². The summed E-state index contributed by atoms with van der Waals surface area (Å²) in [5, 5.41) is 0.234. The molecule has 0 saturated carbocycles. The Morgan fingerprint density at radius 2 is 1.82 bits per heavy atom. The molecule has 2 aromatic carbocycles. The maximum Gasteiger partial charge on any atom is 0.343 e. The summed E-state index contributed by atoms with van der Waals surface area (Å²) in [5.41, 5.74) is 1.28. The lowest BCUT2D eigenvalue weighted by atomic mass is 10.1. The fraction of sp³-hybridized carbons (Fsp3) is 0.261. The average Bonchev–Trinajstić information content (AvgIpc) is 3.06. The van der Waals surface area contributed by atoms with Gasteiger partial charge in [-0.2, -0.15) is 0 Å². The highest BCUT2D eigenvalue weighted by Gasteiger charge is 2.33. The molecule has 0 bridgehead atoms. The molecule has 1 amide bonds. The highest BCUT2D eigenvalue weighted by molar-refractivity contribution is 8.27. The van der Waals surface area contributed by atoms with Crippen molar-refractivity contribution >= 4 is 63.5 Å². The Balaban J connectivity index is 1.87. The van der Waals surface area contributed by atoms with Crippen LogP contribution in [0.4, 0.5) is 5.69 Å². The first-order chi connectivity index (χ1) is 15.9. The quantitative estimate of drug-likeness (QED) is 0.264. The fourth-order valence-corrected chi connectivity index (χ4v) is 4.54. The second-order valence-electron chi connectivity index (χ2n) is 6.57. The van der Waals surface area contributed by atoms with Gasteiger partial charge in [-0.1, -0.05) is 35.6 Å². The number of hydrogen-bond donors (Lipinski definition) is 0. The molecule has 2 aromatic rings. The topological polar surface area (TPSA) is 74.3 Å². The summed E-state index contributed by atoms with van der Waals surface area (Å²) >= 11 is 13.0. The Hall–Kier alpha value is -2.75. The van der Waals surface area contributed by atoms with E-state index in [0.29, 0.717) is 39.4 Å². The number of carbonyl (C=O) groups is 2. The van der Waals surface area contributed by atoms with Gasteiger partial charge in [-0.25, -0.2) is 4.79 Å². The fourth-order valence-electron chi connectivity index (χ4n) is 2.96. The Morgan fingerprint density at radius 3 is 2.45 bits per heavy atom. The highest BCUT2D eigenvalue weighted by atomic mass is 35.5. The van der Waals surface area contributed by atoms with Crippen LogP contribution in [0.25, 0.3) is 6.08 Å². The number of hydrogen-bond acceptors (Lipinski definition) is 8. The molecule has 0 aromatic heterocycles. The van der Waals surface area contributed by atoms with Gasteiger partial charge in [0.05, 0.1) is 35.9 Å². The number of carbonyl (C=O) groups excluding carboxylic acids is 2. The minimum Gasteiger partial charge on any atom is -0.494 e. The first kappa shape index (κ1) is 24.9. The van der Waals surface area contributed by atoms with Crippen LogP contribution in [0.2, 0.25) is 5.02 Å². The molecule has 0 spiro atoms. The van der Waals surface area contributed by atoms with Gasteiger partial charge < -0.3 is 18.9 Å². The number of thiocarbonyl (C=S) groups is 1. The summed E-state index contributed by atoms with van der Waals surface area (Å²) in [7, 11) is 1.27. The van der Waals surface area contributed by atoms with E-state index < -0.39 is 5.97 Å². The molecule has 0 N–H and O–H groups in total. The zero-order valence-electron chi connectivity index (χ0n) is 18.3. The summed E-state index contributed by atoms with van der Waals surface area (Å²) < 4.78 is 21.6. The molecule has 0 aliphatic carbocycles. The molecule has 1 fully saturated rings. The van der Waals surface area contributed by atoms with Crippen LogP contribution >= 0.6 is 35.6 Å². The standard InChI is InChI=1S/C23H22ClNO6S2/c1-4-29-16-8-6-15(7-9-16)25-22(27)19(33-23(25)32)12-14-10-17(24)21(18(11-14)30-5-2)31-13-20(26)28-3/h6-12H,4-5,13H2,1-3H3/b19-12-. The zero-order valence-corrected chi connectivity index (χ0v) is 20.6. The monoisotopic (exact) mass is 507 g/mol. The van der Waals surface area contributed by atoms with Gasteiger partial charge in [0.25, 0.3) is 5.91 Å². The molecule has 1 saturated heterocycles. The van der Waals surface area contributed by atoms with Gasteiger partial charge in [-0.05, 0) is 61.9 Å². The van der Waals surface area contributed by atoms with Crippen molar-refractivity contribution in [2.24, 2.45) is 0 Å². The summed E-state index contributed by atoms with van der Waals surface area (Å²) in [4.78, 5) is 26.4. The van der Waals surface area contributed by atoms with Crippen LogP contribution in [0.15, 0.2) is 41.3 Å². The molecular formula is C23H22ClNO6S2. The summed E-state index contributed by atoms with van der Waals surface area (Å²) in [6.07, 6.45) is 1.69. The maximum atomic E-state index is 13.1. The molecule has 33 heavy (non-hydrogen) atoms. The van der Waals surface area contributed by atoms with Crippen LogP contribution in [-0.4, -0.2) is 43.1 Å².